The van der Waals surface area contributed by atoms with Gasteiger partial charge < -0.3 is 5.32 Å². The number of benzene rings is 2. The number of para-hydroxylation sites is 1. The number of aryl methyl sites for hydroxylation is 2. The van der Waals surface area contributed by atoms with Crippen molar-refractivity contribution in [2.45, 2.75) is 33.4 Å². The molecule has 176 valence electrons. The number of amides is 1. The highest BCUT2D eigenvalue weighted by molar-refractivity contribution is 7.07. The minimum Gasteiger partial charge on any atom is -0.322 e. The average molecular weight is 484 g/mol. The van der Waals surface area contributed by atoms with Crippen LogP contribution in [0.25, 0.3) is 6.08 Å². The number of nitrogens with zero attached hydrogens (tertiary/aromatic N) is 4. The first-order valence-corrected chi connectivity index (χ1v) is 12.2. The first-order chi connectivity index (χ1) is 17.0. The van der Waals surface area contributed by atoms with Gasteiger partial charge in [-0.2, -0.15) is 5.10 Å². The molecule has 0 radical (unpaired) electrons. The zero-order valence-corrected chi connectivity index (χ0v) is 20.5. The highest BCUT2D eigenvalue weighted by Crippen LogP contribution is 2.31. The molecule has 35 heavy (non-hydrogen) atoms. The number of thiazole rings is 1. The van der Waals surface area contributed by atoms with Crippen molar-refractivity contribution < 1.29 is 4.79 Å². The normalized spacial score (nSPS) is 15.6. The van der Waals surface area contributed by atoms with Gasteiger partial charge in [-0.15, -0.1) is 0 Å². The van der Waals surface area contributed by atoms with Crippen LogP contribution in [0.2, 0.25) is 0 Å². The Bertz CT molecular complexity index is 1630. The number of fused-ring (bicyclic) bond motifs is 1. The second kappa shape index (κ2) is 9.31. The summed E-state index contributed by atoms with van der Waals surface area (Å²) in [5.41, 5.74) is 4.26. The van der Waals surface area contributed by atoms with Gasteiger partial charge in [-0.25, -0.2) is 4.99 Å². The highest BCUT2D eigenvalue weighted by atomic mass is 32.1. The van der Waals surface area contributed by atoms with E-state index in [0.717, 1.165) is 28.9 Å². The molecule has 7 nitrogen and oxygen atoms in total. The number of allylic oxidation sites excluding steroid dienone is 1. The molecule has 0 saturated heterocycles. The molecule has 1 atom stereocenters. The molecule has 2 aromatic heterocycles. The first-order valence-electron chi connectivity index (χ1n) is 11.4. The van der Waals surface area contributed by atoms with Crippen molar-refractivity contribution in [1.82, 2.24) is 14.3 Å². The SMILES string of the molecule is CCn1cc(C=c2sc3n(c2=O)C(c2ccccc2)C(C(=O)Nc2ccccc2C)=C(C)N=3)cn1. The third-order valence-electron chi connectivity index (χ3n) is 6.05. The molecule has 2 aromatic carbocycles. The number of carbonyl (C=O) groups is 1. The largest absolute Gasteiger partial charge is 0.322 e. The van der Waals surface area contributed by atoms with Gasteiger partial charge >= 0.3 is 0 Å². The molecule has 3 heterocycles. The summed E-state index contributed by atoms with van der Waals surface area (Å²) < 4.78 is 4.00. The molecule has 8 heteroatoms. The van der Waals surface area contributed by atoms with Gasteiger partial charge in [0.1, 0.15) is 0 Å². The summed E-state index contributed by atoms with van der Waals surface area (Å²) in [6.07, 6.45) is 5.47. The molecule has 1 aliphatic rings. The summed E-state index contributed by atoms with van der Waals surface area (Å²) in [5.74, 6) is -0.270. The van der Waals surface area contributed by atoms with Crippen molar-refractivity contribution in [1.29, 1.82) is 0 Å². The van der Waals surface area contributed by atoms with E-state index in [1.165, 1.54) is 11.3 Å². The van der Waals surface area contributed by atoms with Gasteiger partial charge in [0.2, 0.25) is 0 Å². The average Bonchev–Trinajstić information content (AvgIpc) is 3.44. The van der Waals surface area contributed by atoms with Crippen molar-refractivity contribution in [3.05, 3.63) is 115 Å². The smallest absolute Gasteiger partial charge is 0.271 e. The van der Waals surface area contributed by atoms with Crippen molar-refractivity contribution in [3.63, 3.8) is 0 Å². The molecule has 5 rings (SSSR count). The topological polar surface area (TPSA) is 81.3 Å². The minimum atomic E-state index is -0.586. The van der Waals surface area contributed by atoms with Crippen LogP contribution in [0, 0.1) is 6.92 Å². The highest BCUT2D eigenvalue weighted by Gasteiger charge is 2.32. The van der Waals surface area contributed by atoms with Crippen LogP contribution in [-0.4, -0.2) is 20.3 Å². The van der Waals surface area contributed by atoms with E-state index in [0.29, 0.717) is 20.6 Å². The van der Waals surface area contributed by atoms with Crippen LogP contribution in [-0.2, 0) is 11.3 Å². The molecule has 0 bridgehead atoms. The van der Waals surface area contributed by atoms with Crippen LogP contribution < -0.4 is 20.2 Å². The maximum absolute atomic E-state index is 13.7. The van der Waals surface area contributed by atoms with E-state index in [2.05, 4.69) is 10.4 Å². The van der Waals surface area contributed by atoms with Gasteiger partial charge in [-0.3, -0.25) is 18.8 Å². The molecule has 1 N–H and O–H groups in total. The molecule has 1 unspecified atom stereocenters. The van der Waals surface area contributed by atoms with E-state index < -0.39 is 6.04 Å². The minimum absolute atomic E-state index is 0.180. The van der Waals surface area contributed by atoms with Gasteiger partial charge in [-0.1, -0.05) is 59.9 Å². The van der Waals surface area contributed by atoms with Crippen LogP contribution in [0.3, 0.4) is 0 Å². The van der Waals surface area contributed by atoms with Crippen LogP contribution in [0.1, 0.15) is 36.6 Å². The van der Waals surface area contributed by atoms with E-state index in [1.54, 1.807) is 10.8 Å². The lowest BCUT2D eigenvalue weighted by Gasteiger charge is -2.25. The van der Waals surface area contributed by atoms with E-state index >= 15 is 0 Å². The van der Waals surface area contributed by atoms with E-state index in [9.17, 15) is 9.59 Å². The predicted molar refractivity (Wildman–Crippen MR) is 138 cm³/mol. The maximum atomic E-state index is 13.7. The number of rotatable bonds is 5. The number of anilines is 1. The number of nitrogens with one attached hydrogen (secondary N) is 1. The number of hydrogen-bond donors (Lipinski definition) is 1. The number of hydrogen-bond acceptors (Lipinski definition) is 5. The summed E-state index contributed by atoms with van der Waals surface area (Å²) in [4.78, 5) is 32.5. The predicted octanol–water partition coefficient (Wildman–Crippen LogP) is 3.40. The van der Waals surface area contributed by atoms with Crippen molar-refractivity contribution in [3.8, 4) is 0 Å². The summed E-state index contributed by atoms with van der Waals surface area (Å²) in [7, 11) is 0. The molecule has 0 spiro atoms. The Hall–Kier alpha value is -4.04. The lowest BCUT2D eigenvalue weighted by Crippen LogP contribution is -2.40. The second-order valence-corrected chi connectivity index (χ2v) is 9.40. The van der Waals surface area contributed by atoms with Crippen LogP contribution >= 0.6 is 11.3 Å². The quantitative estimate of drug-likeness (QED) is 0.472. The fourth-order valence-corrected chi connectivity index (χ4v) is 5.29. The van der Waals surface area contributed by atoms with Crippen molar-refractivity contribution >= 4 is 29.0 Å². The van der Waals surface area contributed by atoms with Gasteiger partial charge in [-0.05, 0) is 44.0 Å². The number of carbonyl (C=O) groups excluding carboxylic acids is 1. The molecular formula is C27H25N5O2S. The fourth-order valence-electron chi connectivity index (χ4n) is 4.24. The first kappa shape index (κ1) is 22.7. The summed E-state index contributed by atoms with van der Waals surface area (Å²) in [6.45, 7) is 6.53. The van der Waals surface area contributed by atoms with Crippen LogP contribution in [0.5, 0.6) is 0 Å². The van der Waals surface area contributed by atoms with E-state index in [1.807, 2.05) is 92.3 Å². The molecule has 0 saturated carbocycles. The monoisotopic (exact) mass is 483 g/mol. The van der Waals surface area contributed by atoms with Crippen molar-refractivity contribution in [2.75, 3.05) is 5.32 Å². The lowest BCUT2D eigenvalue weighted by molar-refractivity contribution is -0.113. The van der Waals surface area contributed by atoms with Crippen molar-refractivity contribution in [2.24, 2.45) is 4.99 Å². The molecule has 0 fully saturated rings. The summed E-state index contributed by atoms with van der Waals surface area (Å²) in [5, 5.41) is 7.32. The Morgan fingerprint density at radius 2 is 1.86 bits per heavy atom. The van der Waals surface area contributed by atoms with E-state index in [4.69, 9.17) is 4.99 Å². The second-order valence-electron chi connectivity index (χ2n) is 8.39. The third kappa shape index (κ3) is 4.28. The summed E-state index contributed by atoms with van der Waals surface area (Å²) in [6, 6.07) is 16.7. The van der Waals surface area contributed by atoms with Crippen LogP contribution in [0.15, 0.2) is 88.0 Å². The Balaban J connectivity index is 1.65. The van der Waals surface area contributed by atoms with Gasteiger partial charge in [0.25, 0.3) is 11.5 Å². The van der Waals surface area contributed by atoms with E-state index in [-0.39, 0.29) is 11.5 Å². The third-order valence-corrected chi connectivity index (χ3v) is 7.03. The zero-order chi connectivity index (χ0) is 24.5. The van der Waals surface area contributed by atoms with Gasteiger partial charge in [0.15, 0.2) is 4.80 Å². The Morgan fingerprint density at radius 1 is 1.11 bits per heavy atom. The zero-order valence-electron chi connectivity index (χ0n) is 19.7. The fraction of sp³-hybridized carbons (Fsp3) is 0.185. The molecule has 1 aliphatic heterocycles. The Labute approximate surface area is 206 Å². The van der Waals surface area contributed by atoms with Crippen LogP contribution in [0.4, 0.5) is 5.69 Å². The molecular weight excluding hydrogens is 458 g/mol. The molecule has 4 aromatic rings. The standard InChI is InChI=1S/C27H25N5O2S/c1-4-31-16-19(15-28-31)14-22-26(34)32-24(20-11-6-5-7-12-20)23(18(3)29-27(32)35-22)25(33)30-21-13-9-8-10-17(21)2/h5-16,24H,4H2,1-3H3,(H,30,33). The maximum Gasteiger partial charge on any atom is 0.271 e. The van der Waals surface area contributed by atoms with Gasteiger partial charge in [0, 0.05) is 24.0 Å². The Morgan fingerprint density at radius 3 is 2.57 bits per heavy atom. The Kier molecular flexibility index (Phi) is 6.05. The molecule has 1 amide bonds. The van der Waals surface area contributed by atoms with Gasteiger partial charge in [0.05, 0.1) is 28.0 Å². The summed E-state index contributed by atoms with van der Waals surface area (Å²) >= 11 is 1.32. The lowest BCUT2D eigenvalue weighted by atomic mass is 9.95. The number of aromatic nitrogens is 3. The molecule has 0 aliphatic carbocycles.